The Hall–Kier alpha value is -6.54. The summed E-state index contributed by atoms with van der Waals surface area (Å²) >= 11 is 4.20. The number of fused-ring (bicyclic) bond motifs is 9. The predicted octanol–water partition coefficient (Wildman–Crippen LogP) is 17.1. The average molecular weight is 790 g/mol. The molecule has 0 saturated carbocycles. The van der Waals surface area contributed by atoms with Gasteiger partial charge in [0.05, 0.1) is 0 Å². The lowest BCUT2D eigenvalue weighted by Crippen LogP contribution is -1.95. The number of benzene rings is 12. The molecule has 0 aliphatic heterocycles. The van der Waals surface area contributed by atoms with Crippen LogP contribution in [-0.2, 0) is 0 Å². The van der Waals surface area contributed by atoms with Gasteiger partial charge in [0.15, 0.2) is 0 Å². The molecule has 0 spiro atoms. The summed E-state index contributed by atoms with van der Waals surface area (Å²) in [6, 6.07) is 69.8. The third-order valence-electron chi connectivity index (χ3n) is 12.0. The molecule has 0 nitrogen and oxygen atoms in total. The van der Waals surface area contributed by atoms with Crippen LogP contribution in [0.5, 0.6) is 0 Å². The quantitative estimate of drug-likeness (QED) is 0.124. The van der Waals surface area contributed by atoms with Crippen molar-refractivity contribution in [3.05, 3.63) is 193 Å². The first-order chi connectivity index (χ1) is 28.2. The van der Waals surface area contributed by atoms with E-state index in [-0.39, 0.29) is 0 Å². The SMILES string of the molecule is Brc1cc2c(-c3ccccc3)c3c4ccccc4c4ccccc4c3c(-c3ccccc3)c2cc1-c1ccc2c3cccc4cccc(c5cccc1c52)c43.CC. The highest BCUT2D eigenvalue weighted by Gasteiger charge is 2.24. The lowest BCUT2D eigenvalue weighted by atomic mass is 9.80. The lowest BCUT2D eigenvalue weighted by Gasteiger charge is -2.23. The first-order valence-corrected chi connectivity index (χ1v) is 20.8. The Morgan fingerprint density at radius 3 is 1.25 bits per heavy atom. The van der Waals surface area contributed by atoms with Crippen molar-refractivity contribution in [3.8, 4) is 33.4 Å². The van der Waals surface area contributed by atoms with E-state index in [0.29, 0.717) is 0 Å². The maximum Gasteiger partial charge on any atom is 0.0260 e. The van der Waals surface area contributed by atoms with E-state index in [0.717, 1.165) is 4.47 Å². The minimum atomic E-state index is 1.08. The van der Waals surface area contributed by atoms with Gasteiger partial charge < -0.3 is 0 Å². The van der Waals surface area contributed by atoms with Crippen LogP contribution in [-0.4, -0.2) is 0 Å². The first-order valence-electron chi connectivity index (χ1n) is 20.0. The molecule has 57 heavy (non-hydrogen) atoms. The minimum Gasteiger partial charge on any atom is -0.0683 e. The van der Waals surface area contributed by atoms with Gasteiger partial charge in [-0.1, -0.05) is 206 Å². The van der Waals surface area contributed by atoms with Gasteiger partial charge in [-0.2, -0.15) is 0 Å². The zero-order chi connectivity index (χ0) is 38.2. The largest absolute Gasteiger partial charge is 0.0683 e. The Labute approximate surface area is 340 Å². The molecule has 0 aliphatic carbocycles. The van der Waals surface area contributed by atoms with Gasteiger partial charge in [-0.15, -0.1) is 0 Å². The molecule has 0 atom stereocenters. The summed E-state index contributed by atoms with van der Waals surface area (Å²) in [5.41, 5.74) is 7.38. The Kier molecular flexibility index (Phi) is 7.88. The molecule has 0 heterocycles. The van der Waals surface area contributed by atoms with Gasteiger partial charge in [-0.25, -0.2) is 0 Å². The van der Waals surface area contributed by atoms with Gasteiger partial charge in [0.1, 0.15) is 0 Å². The van der Waals surface area contributed by atoms with E-state index < -0.39 is 0 Å². The molecule has 12 aromatic rings. The molecule has 0 fully saturated rings. The van der Waals surface area contributed by atoms with Crippen LogP contribution >= 0.6 is 15.9 Å². The van der Waals surface area contributed by atoms with E-state index in [1.54, 1.807) is 0 Å². The van der Waals surface area contributed by atoms with Gasteiger partial charge in [-0.3, -0.25) is 0 Å². The number of rotatable bonds is 3. The van der Waals surface area contributed by atoms with E-state index in [2.05, 4.69) is 204 Å². The third-order valence-corrected chi connectivity index (χ3v) is 12.7. The van der Waals surface area contributed by atoms with Crippen LogP contribution in [0.4, 0.5) is 0 Å². The molecule has 0 N–H and O–H groups in total. The molecule has 0 radical (unpaired) electrons. The second kappa shape index (κ2) is 13.3. The number of hydrogen-bond acceptors (Lipinski definition) is 0. The number of hydrogen-bond donors (Lipinski definition) is 0. The molecular formula is C56H37Br. The topological polar surface area (TPSA) is 0 Å². The molecule has 0 aliphatic rings. The molecule has 0 aromatic heterocycles. The first kappa shape index (κ1) is 33.8. The standard InChI is InChI=1S/C54H31Br.C2H6/c55-48-31-47-46(30-45(48)37-28-29-44-42-25-12-19-32-18-11-24-41(49(32)42)43-27-13-26-38(37)52(43)44)50(33-14-3-1-4-15-33)53-39-22-9-7-20-35(39)36-21-8-10-23-40(36)54(53)51(47)34-16-5-2-6-17-34;1-2/h1-31H;1-2H3. The van der Waals surface area contributed by atoms with Gasteiger partial charge in [-0.05, 0) is 132 Å². The molecule has 0 bridgehead atoms. The van der Waals surface area contributed by atoms with Crippen molar-refractivity contribution in [2.75, 3.05) is 0 Å². The molecule has 12 rings (SSSR count). The van der Waals surface area contributed by atoms with Crippen LogP contribution in [0.1, 0.15) is 13.8 Å². The maximum atomic E-state index is 4.20. The van der Waals surface area contributed by atoms with Crippen molar-refractivity contribution in [3.63, 3.8) is 0 Å². The third kappa shape index (κ3) is 4.92. The molecule has 1 heteroatoms. The van der Waals surface area contributed by atoms with Crippen LogP contribution in [0.2, 0.25) is 0 Å². The summed E-state index contributed by atoms with van der Waals surface area (Å²) < 4.78 is 1.08. The predicted molar refractivity (Wildman–Crippen MR) is 253 cm³/mol. The van der Waals surface area contributed by atoms with Crippen molar-refractivity contribution in [2.24, 2.45) is 0 Å². The van der Waals surface area contributed by atoms with Crippen molar-refractivity contribution in [2.45, 2.75) is 13.8 Å². The maximum absolute atomic E-state index is 4.20. The molecule has 0 unspecified atom stereocenters. The highest BCUT2D eigenvalue weighted by Crippen LogP contribution is 2.52. The lowest BCUT2D eigenvalue weighted by molar-refractivity contribution is 1.50. The molecule has 268 valence electrons. The summed E-state index contributed by atoms with van der Waals surface area (Å²) in [6.45, 7) is 4.00. The molecule has 0 amide bonds. The van der Waals surface area contributed by atoms with E-state index in [1.165, 1.54) is 120 Å². The highest BCUT2D eigenvalue weighted by molar-refractivity contribution is 9.10. The Morgan fingerprint density at radius 1 is 0.281 bits per heavy atom. The molecule has 12 aromatic carbocycles. The van der Waals surface area contributed by atoms with Crippen LogP contribution in [0.25, 0.3) is 120 Å². The van der Waals surface area contributed by atoms with Crippen LogP contribution in [0, 0.1) is 0 Å². The number of halogens is 1. The van der Waals surface area contributed by atoms with Crippen LogP contribution in [0.3, 0.4) is 0 Å². The zero-order valence-corrected chi connectivity index (χ0v) is 33.4. The van der Waals surface area contributed by atoms with Crippen molar-refractivity contribution >= 4 is 102 Å². The monoisotopic (exact) mass is 788 g/mol. The Bertz CT molecular complexity index is 3480. The summed E-state index contributed by atoms with van der Waals surface area (Å²) in [7, 11) is 0. The smallest absolute Gasteiger partial charge is 0.0260 e. The second-order valence-electron chi connectivity index (χ2n) is 14.8. The van der Waals surface area contributed by atoms with E-state index >= 15 is 0 Å². The van der Waals surface area contributed by atoms with Crippen molar-refractivity contribution < 1.29 is 0 Å². The fraction of sp³-hybridized carbons (Fsp3) is 0.0357. The van der Waals surface area contributed by atoms with Crippen LogP contribution < -0.4 is 0 Å². The minimum absolute atomic E-state index is 1.08. The fourth-order valence-electron chi connectivity index (χ4n) is 9.81. The summed E-state index contributed by atoms with van der Waals surface area (Å²) in [6.07, 6.45) is 0. The fourth-order valence-corrected chi connectivity index (χ4v) is 10.4. The Balaban J connectivity index is 0.00000184. The summed E-state index contributed by atoms with van der Waals surface area (Å²) in [4.78, 5) is 0. The van der Waals surface area contributed by atoms with E-state index in [1.807, 2.05) is 13.8 Å². The zero-order valence-electron chi connectivity index (χ0n) is 31.8. The normalized spacial score (nSPS) is 11.8. The summed E-state index contributed by atoms with van der Waals surface area (Å²) in [5.74, 6) is 0. The average Bonchev–Trinajstić information content (AvgIpc) is 3.28. The van der Waals surface area contributed by atoms with Crippen LogP contribution in [0.15, 0.2) is 193 Å². The van der Waals surface area contributed by atoms with Gasteiger partial charge >= 0.3 is 0 Å². The van der Waals surface area contributed by atoms with Gasteiger partial charge in [0, 0.05) is 4.47 Å². The Morgan fingerprint density at radius 2 is 0.684 bits per heavy atom. The molecular weight excluding hydrogens is 753 g/mol. The second-order valence-corrected chi connectivity index (χ2v) is 15.7. The summed E-state index contributed by atoms with van der Waals surface area (Å²) in [5, 5.41) is 20.6. The van der Waals surface area contributed by atoms with Gasteiger partial charge in [0.2, 0.25) is 0 Å². The van der Waals surface area contributed by atoms with Crippen molar-refractivity contribution in [1.82, 2.24) is 0 Å². The van der Waals surface area contributed by atoms with Crippen molar-refractivity contribution in [1.29, 1.82) is 0 Å². The van der Waals surface area contributed by atoms with E-state index in [9.17, 15) is 0 Å². The van der Waals surface area contributed by atoms with E-state index in [4.69, 9.17) is 0 Å². The van der Waals surface area contributed by atoms with Gasteiger partial charge in [0.25, 0.3) is 0 Å². The highest BCUT2D eigenvalue weighted by atomic mass is 79.9. The molecule has 0 saturated heterocycles.